The number of hydroxylamine groups is 2. The molecule has 11 heteroatoms. The Labute approximate surface area is 250 Å². The number of amides is 3. The molecular formula is C32H37N3O8. The van der Waals surface area contributed by atoms with Gasteiger partial charge in [0.15, 0.2) is 11.5 Å². The van der Waals surface area contributed by atoms with Crippen LogP contribution in [-0.2, 0) is 24.0 Å². The Morgan fingerprint density at radius 1 is 0.930 bits per heavy atom. The van der Waals surface area contributed by atoms with Gasteiger partial charge in [0.25, 0.3) is 17.7 Å². The summed E-state index contributed by atoms with van der Waals surface area (Å²) in [6.45, 7) is 7.34. The first-order chi connectivity index (χ1) is 20.3. The van der Waals surface area contributed by atoms with Crippen LogP contribution < -0.4 is 14.8 Å². The van der Waals surface area contributed by atoms with Crippen LogP contribution >= 0.6 is 0 Å². The number of rotatable bonds is 12. The Bertz CT molecular complexity index is 1530. The average molecular weight is 592 g/mol. The molecule has 2 aromatic carbocycles. The highest BCUT2D eigenvalue weighted by molar-refractivity contribution is 6.07. The van der Waals surface area contributed by atoms with Gasteiger partial charge in [-0.15, -0.1) is 5.06 Å². The normalized spacial score (nSPS) is 13.8. The molecule has 228 valence electrons. The Hall–Kier alpha value is -4.51. The van der Waals surface area contributed by atoms with Crippen molar-refractivity contribution in [3.63, 3.8) is 0 Å². The number of benzene rings is 2. The van der Waals surface area contributed by atoms with Crippen LogP contribution in [0.25, 0.3) is 22.2 Å². The van der Waals surface area contributed by atoms with Crippen LogP contribution in [0.4, 0.5) is 0 Å². The number of aromatic nitrogens is 1. The summed E-state index contributed by atoms with van der Waals surface area (Å²) in [7, 11) is 3.12. The lowest BCUT2D eigenvalue weighted by Crippen LogP contribution is -2.42. The molecule has 0 bridgehead atoms. The number of hydrogen-bond acceptors (Lipinski definition) is 9. The smallest absolute Gasteiger partial charge is 0.338 e. The van der Waals surface area contributed by atoms with Gasteiger partial charge in [0, 0.05) is 36.9 Å². The molecule has 1 N–H and O–H groups in total. The van der Waals surface area contributed by atoms with Gasteiger partial charge in [-0.2, -0.15) is 0 Å². The predicted molar refractivity (Wildman–Crippen MR) is 158 cm³/mol. The van der Waals surface area contributed by atoms with Crippen molar-refractivity contribution in [3.8, 4) is 22.8 Å². The van der Waals surface area contributed by atoms with E-state index >= 15 is 0 Å². The van der Waals surface area contributed by atoms with E-state index < -0.39 is 28.8 Å². The molecule has 3 aromatic rings. The molecule has 43 heavy (non-hydrogen) atoms. The second-order valence-electron chi connectivity index (χ2n) is 11.5. The summed E-state index contributed by atoms with van der Waals surface area (Å²) in [5.41, 5.74) is 0.709. The molecule has 0 unspecified atom stereocenters. The van der Waals surface area contributed by atoms with E-state index in [1.807, 2.05) is 50.2 Å². The molecule has 0 radical (unpaired) electrons. The number of imide groups is 1. The van der Waals surface area contributed by atoms with E-state index in [9.17, 15) is 19.2 Å². The molecule has 0 aliphatic carbocycles. The van der Waals surface area contributed by atoms with Gasteiger partial charge < -0.3 is 24.4 Å². The maximum atomic E-state index is 13.5. The van der Waals surface area contributed by atoms with Crippen molar-refractivity contribution in [2.75, 3.05) is 27.4 Å². The van der Waals surface area contributed by atoms with Crippen molar-refractivity contribution in [2.24, 2.45) is 5.41 Å². The first-order valence-electron chi connectivity index (χ1n) is 14.0. The fraction of sp³-hybridized carbons (Fsp3) is 0.406. The summed E-state index contributed by atoms with van der Waals surface area (Å²) in [5.74, 6) is -0.902. The van der Waals surface area contributed by atoms with Crippen LogP contribution in [0.15, 0.2) is 48.5 Å². The highest BCUT2D eigenvalue weighted by atomic mass is 16.7. The number of carbonyl (C=O) groups is 4. The average Bonchev–Trinajstić information content (AvgIpc) is 3.30. The molecule has 1 fully saturated rings. The molecule has 4 rings (SSSR count). The summed E-state index contributed by atoms with van der Waals surface area (Å²) in [5, 5.41) is 4.22. The standard InChI is InChI=1S/C32H37N3O8/c1-31(2,30(39)43-35-27(36)13-14-28(35)37)15-16-42-32(3,4)19-33-29(38)22-18-24(34-23-10-8-7-9-21(22)23)20-11-12-25(40-5)26(17-20)41-6/h7-12,17-18H,13-16,19H2,1-6H3,(H,33,38). The fourth-order valence-corrected chi connectivity index (χ4v) is 4.49. The minimum Gasteiger partial charge on any atom is -0.493 e. The van der Waals surface area contributed by atoms with Gasteiger partial charge in [-0.25, -0.2) is 9.78 Å². The van der Waals surface area contributed by atoms with Crippen LogP contribution in [0.1, 0.15) is 57.3 Å². The van der Waals surface area contributed by atoms with E-state index in [2.05, 4.69) is 5.32 Å². The van der Waals surface area contributed by atoms with Crippen LogP contribution in [0.2, 0.25) is 0 Å². The number of nitrogens with zero attached hydrogens (tertiary/aromatic N) is 2. The lowest BCUT2D eigenvalue weighted by atomic mass is 9.90. The van der Waals surface area contributed by atoms with Gasteiger partial charge in [0.2, 0.25) is 0 Å². The number of pyridine rings is 1. The third-order valence-electron chi connectivity index (χ3n) is 7.27. The molecular weight excluding hydrogens is 554 g/mol. The Balaban J connectivity index is 1.41. The van der Waals surface area contributed by atoms with Crippen LogP contribution in [-0.4, -0.2) is 66.7 Å². The molecule has 1 aliphatic heterocycles. The molecule has 0 spiro atoms. The predicted octanol–water partition coefficient (Wildman–Crippen LogP) is 4.47. The van der Waals surface area contributed by atoms with Crippen molar-refractivity contribution in [2.45, 2.75) is 52.6 Å². The topological polar surface area (TPSA) is 133 Å². The molecule has 1 saturated heterocycles. The lowest BCUT2D eigenvalue weighted by Gasteiger charge is -2.29. The summed E-state index contributed by atoms with van der Waals surface area (Å²) >= 11 is 0. The summed E-state index contributed by atoms with van der Waals surface area (Å²) in [4.78, 5) is 59.6. The molecule has 1 aliphatic rings. The maximum absolute atomic E-state index is 13.5. The van der Waals surface area contributed by atoms with Crippen molar-refractivity contribution >= 4 is 34.6 Å². The SMILES string of the molecule is COc1ccc(-c2cc(C(=O)NCC(C)(C)OCCC(C)(C)C(=O)ON3C(=O)CCC3=O)c3ccccc3n2)cc1OC. The molecule has 2 heterocycles. The lowest BCUT2D eigenvalue weighted by molar-refractivity contribution is -0.205. The second-order valence-corrected chi connectivity index (χ2v) is 11.5. The van der Waals surface area contributed by atoms with E-state index in [-0.39, 0.29) is 38.3 Å². The number of hydrogen-bond donors (Lipinski definition) is 1. The third kappa shape index (κ3) is 7.29. The number of nitrogens with one attached hydrogen (secondary N) is 1. The summed E-state index contributed by atoms with van der Waals surface area (Å²) < 4.78 is 16.8. The van der Waals surface area contributed by atoms with E-state index in [1.165, 1.54) is 0 Å². The van der Waals surface area contributed by atoms with Gasteiger partial charge in [0.05, 0.1) is 42.0 Å². The summed E-state index contributed by atoms with van der Waals surface area (Å²) in [6.07, 6.45) is 0.327. The first kappa shape index (κ1) is 31.4. The van der Waals surface area contributed by atoms with E-state index in [0.717, 1.165) is 5.56 Å². The fourth-order valence-electron chi connectivity index (χ4n) is 4.49. The van der Waals surface area contributed by atoms with E-state index in [0.29, 0.717) is 38.7 Å². The van der Waals surface area contributed by atoms with Gasteiger partial charge >= 0.3 is 5.97 Å². The zero-order valence-electron chi connectivity index (χ0n) is 25.3. The van der Waals surface area contributed by atoms with E-state index in [1.54, 1.807) is 40.2 Å². The highest BCUT2D eigenvalue weighted by Gasteiger charge is 2.38. The number of ether oxygens (including phenoxy) is 3. The zero-order chi connectivity index (χ0) is 31.4. The molecule has 11 nitrogen and oxygen atoms in total. The van der Waals surface area contributed by atoms with Gasteiger partial charge in [0.1, 0.15) is 0 Å². The van der Waals surface area contributed by atoms with Crippen LogP contribution in [0.5, 0.6) is 11.5 Å². The van der Waals surface area contributed by atoms with Crippen molar-refractivity contribution in [3.05, 3.63) is 54.1 Å². The second kappa shape index (κ2) is 12.8. The van der Waals surface area contributed by atoms with Gasteiger partial charge in [-0.3, -0.25) is 14.4 Å². The minimum atomic E-state index is -1.01. The van der Waals surface area contributed by atoms with Crippen LogP contribution in [0.3, 0.4) is 0 Å². The summed E-state index contributed by atoms with van der Waals surface area (Å²) in [6, 6.07) is 14.6. The largest absolute Gasteiger partial charge is 0.493 e. The Morgan fingerprint density at radius 3 is 2.28 bits per heavy atom. The Morgan fingerprint density at radius 2 is 1.60 bits per heavy atom. The zero-order valence-corrected chi connectivity index (χ0v) is 25.3. The Kier molecular flexibility index (Phi) is 9.34. The van der Waals surface area contributed by atoms with Gasteiger partial charge in [-0.1, -0.05) is 18.2 Å². The number of para-hydroxylation sites is 1. The molecule has 0 saturated carbocycles. The van der Waals surface area contributed by atoms with Crippen molar-refractivity contribution in [1.29, 1.82) is 0 Å². The quantitative estimate of drug-likeness (QED) is 0.303. The maximum Gasteiger partial charge on any atom is 0.338 e. The molecule has 1 aromatic heterocycles. The highest BCUT2D eigenvalue weighted by Crippen LogP contribution is 2.33. The monoisotopic (exact) mass is 591 g/mol. The van der Waals surface area contributed by atoms with Crippen molar-refractivity contribution in [1.82, 2.24) is 15.4 Å². The number of methoxy groups -OCH3 is 2. The number of fused-ring (bicyclic) bond motifs is 1. The van der Waals surface area contributed by atoms with Gasteiger partial charge in [-0.05, 0) is 64.4 Å². The minimum absolute atomic E-state index is 0.0302. The first-order valence-corrected chi connectivity index (χ1v) is 14.0. The third-order valence-corrected chi connectivity index (χ3v) is 7.27. The molecule has 3 amide bonds. The van der Waals surface area contributed by atoms with E-state index in [4.69, 9.17) is 24.0 Å². The van der Waals surface area contributed by atoms with Crippen molar-refractivity contribution < 1.29 is 38.2 Å². The number of carbonyl (C=O) groups excluding carboxylic acids is 4. The van der Waals surface area contributed by atoms with Crippen LogP contribution in [0, 0.1) is 5.41 Å². The molecule has 0 atom stereocenters.